The summed E-state index contributed by atoms with van der Waals surface area (Å²) in [6, 6.07) is 2.01. The molecule has 2 unspecified atom stereocenters. The molecular formula is C12H19NO2S. The molecule has 1 heterocycles. The van der Waals surface area contributed by atoms with Crippen molar-refractivity contribution < 1.29 is 9.52 Å². The predicted molar refractivity (Wildman–Crippen MR) is 65.6 cm³/mol. The minimum Gasteiger partial charge on any atom is -0.468 e. The maximum atomic E-state index is 9.30. The van der Waals surface area contributed by atoms with Crippen LogP contribution in [0.4, 0.5) is 0 Å². The van der Waals surface area contributed by atoms with E-state index in [9.17, 15) is 5.11 Å². The fraction of sp³-hybridized carbons (Fsp3) is 0.667. The molecule has 0 spiro atoms. The zero-order valence-corrected chi connectivity index (χ0v) is 10.4. The van der Waals surface area contributed by atoms with E-state index in [0.717, 1.165) is 25.0 Å². The third-order valence-electron chi connectivity index (χ3n) is 3.25. The fourth-order valence-electron chi connectivity index (χ4n) is 2.26. The van der Waals surface area contributed by atoms with Crippen LogP contribution in [0.3, 0.4) is 0 Å². The van der Waals surface area contributed by atoms with Gasteiger partial charge in [-0.3, -0.25) is 0 Å². The molecule has 16 heavy (non-hydrogen) atoms. The first-order chi connectivity index (χ1) is 7.63. The lowest BCUT2D eigenvalue weighted by atomic mass is 9.83. The van der Waals surface area contributed by atoms with Gasteiger partial charge in [-0.2, -0.15) is 0 Å². The van der Waals surface area contributed by atoms with Gasteiger partial charge in [0.25, 0.3) is 0 Å². The Hall–Kier alpha value is -0.450. The van der Waals surface area contributed by atoms with E-state index in [4.69, 9.17) is 10.2 Å². The Morgan fingerprint density at radius 2 is 2.50 bits per heavy atom. The van der Waals surface area contributed by atoms with Gasteiger partial charge < -0.3 is 15.3 Å². The van der Waals surface area contributed by atoms with Crippen molar-refractivity contribution >= 4 is 11.8 Å². The summed E-state index contributed by atoms with van der Waals surface area (Å²) in [4.78, 5) is 1.20. The summed E-state index contributed by atoms with van der Waals surface area (Å²) in [5.74, 6) is 0.974. The summed E-state index contributed by atoms with van der Waals surface area (Å²) in [6.07, 6.45) is 5.83. The van der Waals surface area contributed by atoms with Crippen LogP contribution in [-0.2, 0) is 0 Å². The van der Waals surface area contributed by atoms with Crippen molar-refractivity contribution in [3.05, 3.63) is 18.1 Å². The van der Waals surface area contributed by atoms with Gasteiger partial charge in [-0.25, -0.2) is 0 Å². The molecule has 0 amide bonds. The molecule has 1 aliphatic rings. The van der Waals surface area contributed by atoms with E-state index in [2.05, 4.69) is 0 Å². The van der Waals surface area contributed by atoms with E-state index in [0.29, 0.717) is 5.25 Å². The zero-order valence-electron chi connectivity index (χ0n) is 9.61. The lowest BCUT2D eigenvalue weighted by Gasteiger charge is -2.36. The topological polar surface area (TPSA) is 59.4 Å². The highest BCUT2D eigenvalue weighted by Gasteiger charge is 2.32. The third kappa shape index (κ3) is 2.62. The summed E-state index contributed by atoms with van der Waals surface area (Å²) in [7, 11) is 0. The molecule has 2 rings (SSSR count). The number of hydrogen-bond donors (Lipinski definition) is 2. The molecular weight excluding hydrogens is 222 g/mol. The minimum absolute atomic E-state index is 0.0917. The molecule has 1 saturated carbocycles. The molecule has 3 nitrogen and oxygen atoms in total. The maximum absolute atomic E-state index is 9.30. The molecule has 0 bridgehead atoms. The van der Waals surface area contributed by atoms with Gasteiger partial charge in [-0.05, 0) is 32.3 Å². The Morgan fingerprint density at radius 3 is 3.12 bits per heavy atom. The number of thioether (sulfide) groups is 1. The highest BCUT2D eigenvalue weighted by atomic mass is 32.2. The SMILES string of the molecule is Cc1occc1SC1CCCC(N)(CO)C1. The number of aryl methyl sites for hydroxylation is 1. The first kappa shape index (κ1) is 12.0. The molecule has 3 N–H and O–H groups in total. The van der Waals surface area contributed by atoms with Gasteiger partial charge in [0.1, 0.15) is 5.76 Å². The highest BCUT2D eigenvalue weighted by molar-refractivity contribution is 8.00. The van der Waals surface area contributed by atoms with Crippen LogP contribution in [0.5, 0.6) is 0 Å². The molecule has 0 radical (unpaired) electrons. The van der Waals surface area contributed by atoms with Crippen molar-refractivity contribution in [2.45, 2.75) is 48.3 Å². The lowest BCUT2D eigenvalue weighted by Crippen LogP contribution is -2.48. The van der Waals surface area contributed by atoms with Crippen LogP contribution in [0, 0.1) is 6.92 Å². The molecule has 1 aliphatic carbocycles. The fourth-order valence-corrected chi connectivity index (χ4v) is 3.67. The average molecular weight is 241 g/mol. The molecule has 2 atom stereocenters. The second-order valence-electron chi connectivity index (χ2n) is 4.70. The van der Waals surface area contributed by atoms with Crippen LogP contribution >= 0.6 is 11.8 Å². The van der Waals surface area contributed by atoms with Gasteiger partial charge in [0.2, 0.25) is 0 Å². The molecule has 0 saturated heterocycles. The van der Waals surface area contributed by atoms with Crippen LogP contribution in [0.1, 0.15) is 31.4 Å². The molecule has 1 aromatic rings. The number of aliphatic hydroxyl groups is 1. The average Bonchev–Trinajstić information content (AvgIpc) is 2.65. The van der Waals surface area contributed by atoms with Gasteiger partial charge in [0, 0.05) is 15.7 Å². The summed E-state index contributed by atoms with van der Waals surface area (Å²) >= 11 is 1.83. The summed E-state index contributed by atoms with van der Waals surface area (Å²) in [5.41, 5.74) is 5.76. The highest BCUT2D eigenvalue weighted by Crippen LogP contribution is 2.38. The van der Waals surface area contributed by atoms with Crippen LogP contribution in [0.2, 0.25) is 0 Å². The van der Waals surface area contributed by atoms with Crippen molar-refractivity contribution in [3.63, 3.8) is 0 Å². The monoisotopic (exact) mass is 241 g/mol. The van der Waals surface area contributed by atoms with Crippen LogP contribution in [-0.4, -0.2) is 22.5 Å². The van der Waals surface area contributed by atoms with E-state index < -0.39 is 0 Å². The number of aliphatic hydroxyl groups excluding tert-OH is 1. The Bertz CT molecular complexity index is 353. The normalized spacial score (nSPS) is 30.6. The molecule has 90 valence electrons. The summed E-state index contributed by atoms with van der Waals surface area (Å²) in [6.45, 7) is 2.07. The molecule has 0 aliphatic heterocycles. The standard InChI is InChI=1S/C12H19NO2S/c1-9-11(4-6-15-9)16-10-3-2-5-12(13,7-10)8-14/h4,6,10,14H,2-3,5,7-8,13H2,1H3. The van der Waals surface area contributed by atoms with Gasteiger partial charge >= 0.3 is 0 Å². The van der Waals surface area contributed by atoms with Crippen molar-refractivity contribution in [3.8, 4) is 0 Å². The van der Waals surface area contributed by atoms with Crippen molar-refractivity contribution in [2.75, 3.05) is 6.61 Å². The van der Waals surface area contributed by atoms with E-state index in [1.165, 1.54) is 11.3 Å². The minimum atomic E-state index is -0.368. The van der Waals surface area contributed by atoms with Crippen molar-refractivity contribution in [1.82, 2.24) is 0 Å². The number of rotatable bonds is 3. The quantitative estimate of drug-likeness (QED) is 0.852. The number of nitrogens with two attached hydrogens (primary N) is 1. The Morgan fingerprint density at radius 1 is 1.69 bits per heavy atom. The molecule has 0 aromatic carbocycles. The van der Waals surface area contributed by atoms with E-state index >= 15 is 0 Å². The Balaban J connectivity index is 1.98. The van der Waals surface area contributed by atoms with E-state index in [-0.39, 0.29) is 12.1 Å². The smallest absolute Gasteiger partial charge is 0.114 e. The largest absolute Gasteiger partial charge is 0.468 e. The van der Waals surface area contributed by atoms with Gasteiger partial charge in [-0.15, -0.1) is 11.8 Å². The summed E-state index contributed by atoms with van der Waals surface area (Å²) in [5, 5.41) is 9.80. The second-order valence-corrected chi connectivity index (χ2v) is 6.04. The molecule has 4 heteroatoms. The van der Waals surface area contributed by atoms with Gasteiger partial charge in [-0.1, -0.05) is 6.42 Å². The van der Waals surface area contributed by atoms with Crippen molar-refractivity contribution in [2.24, 2.45) is 5.73 Å². The van der Waals surface area contributed by atoms with Gasteiger partial charge in [0.05, 0.1) is 12.9 Å². The second kappa shape index (κ2) is 4.82. The Kier molecular flexibility index (Phi) is 3.62. The van der Waals surface area contributed by atoms with E-state index in [1.54, 1.807) is 6.26 Å². The first-order valence-corrected chi connectivity index (χ1v) is 6.61. The first-order valence-electron chi connectivity index (χ1n) is 5.73. The van der Waals surface area contributed by atoms with Crippen LogP contribution in [0.25, 0.3) is 0 Å². The number of furan rings is 1. The van der Waals surface area contributed by atoms with E-state index in [1.807, 2.05) is 24.8 Å². The zero-order chi connectivity index (χ0) is 11.6. The van der Waals surface area contributed by atoms with Crippen LogP contribution in [0.15, 0.2) is 21.6 Å². The molecule has 1 fully saturated rings. The maximum Gasteiger partial charge on any atom is 0.114 e. The van der Waals surface area contributed by atoms with Gasteiger partial charge in [0.15, 0.2) is 0 Å². The predicted octanol–water partition coefficient (Wildman–Crippen LogP) is 2.31. The van der Waals surface area contributed by atoms with Crippen molar-refractivity contribution in [1.29, 1.82) is 0 Å². The molecule has 1 aromatic heterocycles. The lowest BCUT2D eigenvalue weighted by molar-refractivity contribution is 0.159. The summed E-state index contributed by atoms with van der Waals surface area (Å²) < 4.78 is 5.28. The number of hydrogen-bond acceptors (Lipinski definition) is 4. The Labute approximate surface area is 100 Å². The third-order valence-corrected chi connectivity index (χ3v) is 4.67. The van der Waals surface area contributed by atoms with Crippen LogP contribution < -0.4 is 5.73 Å².